The molecule has 0 radical (unpaired) electrons. The summed E-state index contributed by atoms with van der Waals surface area (Å²) >= 11 is 0. The summed E-state index contributed by atoms with van der Waals surface area (Å²) in [4.78, 5) is 27.5. The van der Waals surface area contributed by atoms with Crippen LogP contribution < -0.4 is 5.32 Å². The van der Waals surface area contributed by atoms with E-state index in [2.05, 4.69) is 30.3 Å². The van der Waals surface area contributed by atoms with E-state index in [0.717, 1.165) is 37.8 Å². The lowest BCUT2D eigenvalue weighted by Crippen LogP contribution is -2.59. The number of rotatable bonds is 3. The van der Waals surface area contributed by atoms with E-state index in [9.17, 15) is 9.59 Å². The average Bonchev–Trinajstić information content (AvgIpc) is 3.32. The zero-order valence-corrected chi connectivity index (χ0v) is 19.3. The molecule has 6 nitrogen and oxygen atoms in total. The first-order valence-electron chi connectivity index (χ1n) is 12.0. The minimum atomic E-state index is 0.0617. The molecule has 1 aromatic rings. The largest absolute Gasteiger partial charge is 0.350 e. The van der Waals surface area contributed by atoms with Gasteiger partial charge in [0.05, 0.1) is 12.2 Å². The Balaban J connectivity index is 1.33. The number of nitrogens with zero attached hydrogens (tertiary/aromatic N) is 3. The molecular formula is C25H36N4O2. The molecule has 2 heterocycles. The minimum Gasteiger partial charge on any atom is -0.350 e. The topological polar surface area (TPSA) is 67.2 Å². The molecule has 1 N–H and O–H groups in total. The predicted molar refractivity (Wildman–Crippen MR) is 119 cm³/mol. The second-order valence-corrected chi connectivity index (χ2v) is 11.0. The molecule has 7 atom stereocenters. The van der Waals surface area contributed by atoms with Gasteiger partial charge < -0.3 is 10.2 Å². The van der Waals surface area contributed by atoms with Crippen molar-refractivity contribution in [1.82, 2.24) is 20.0 Å². The lowest BCUT2D eigenvalue weighted by atomic mass is 9.47. The normalized spacial score (nSPS) is 41.5. The van der Waals surface area contributed by atoms with E-state index in [0.29, 0.717) is 30.3 Å². The third kappa shape index (κ3) is 3.08. The number of aromatic nitrogens is 2. The van der Waals surface area contributed by atoms with E-state index in [1.165, 1.54) is 6.42 Å². The summed E-state index contributed by atoms with van der Waals surface area (Å²) in [6, 6.07) is 2.28. The molecule has 31 heavy (non-hydrogen) atoms. The Bertz CT molecular complexity index is 922. The quantitative estimate of drug-likeness (QED) is 0.810. The van der Waals surface area contributed by atoms with Crippen LogP contribution in [0.3, 0.4) is 0 Å². The van der Waals surface area contributed by atoms with E-state index < -0.39 is 0 Å². The van der Waals surface area contributed by atoms with Gasteiger partial charge in [0.15, 0.2) is 0 Å². The first-order valence-corrected chi connectivity index (χ1v) is 12.0. The zero-order chi connectivity index (χ0) is 22.0. The molecule has 168 valence electrons. The van der Waals surface area contributed by atoms with Crippen LogP contribution in [0.15, 0.2) is 24.4 Å². The van der Waals surface area contributed by atoms with Gasteiger partial charge >= 0.3 is 0 Å². The van der Waals surface area contributed by atoms with Crippen LogP contribution >= 0.6 is 0 Å². The number of carbonyl (C=O) groups is 2. The fourth-order valence-corrected chi connectivity index (χ4v) is 8.03. The molecule has 1 aromatic heterocycles. The molecule has 2 amide bonds. The van der Waals surface area contributed by atoms with Crippen LogP contribution in [0.25, 0.3) is 0 Å². The Morgan fingerprint density at radius 3 is 2.71 bits per heavy atom. The Morgan fingerprint density at radius 2 is 1.97 bits per heavy atom. The summed E-state index contributed by atoms with van der Waals surface area (Å²) in [6.07, 6.45) is 12.6. The van der Waals surface area contributed by atoms with Crippen molar-refractivity contribution < 1.29 is 9.59 Å². The van der Waals surface area contributed by atoms with Crippen molar-refractivity contribution in [2.75, 3.05) is 7.05 Å². The molecule has 0 bridgehead atoms. The van der Waals surface area contributed by atoms with E-state index in [4.69, 9.17) is 0 Å². The number of aryl methyl sites for hydroxylation is 1. The second kappa shape index (κ2) is 7.21. The second-order valence-electron chi connectivity index (χ2n) is 11.0. The van der Waals surface area contributed by atoms with Crippen molar-refractivity contribution in [3.8, 4) is 0 Å². The summed E-state index contributed by atoms with van der Waals surface area (Å²) in [5.41, 5.74) is 1.05. The number of likely N-dealkylation sites (N-methyl/N-ethyl adjacent to an activating group) is 1. The van der Waals surface area contributed by atoms with Gasteiger partial charge in [-0.2, -0.15) is 5.10 Å². The molecule has 1 aliphatic heterocycles. The molecular weight excluding hydrogens is 388 g/mol. The first kappa shape index (κ1) is 20.8. The van der Waals surface area contributed by atoms with Crippen molar-refractivity contribution in [2.24, 2.45) is 41.5 Å². The summed E-state index contributed by atoms with van der Waals surface area (Å²) < 4.78 is 1.78. The fraction of sp³-hybridized carbons (Fsp3) is 0.720. The SMILES string of the molecule is CN1C(=O)C=C[C@]2(C)[C@H]3CC[C@]4(C)[C@@H](C(=O)NCc5ccn(C)n5)CC[C@H]4[C@@H]3CC[C@@H]12. The van der Waals surface area contributed by atoms with Crippen molar-refractivity contribution in [3.63, 3.8) is 0 Å². The van der Waals surface area contributed by atoms with Crippen molar-refractivity contribution in [3.05, 3.63) is 30.1 Å². The summed E-state index contributed by atoms with van der Waals surface area (Å²) in [5, 5.41) is 7.56. The smallest absolute Gasteiger partial charge is 0.246 e. The van der Waals surface area contributed by atoms with Crippen LogP contribution in [0.1, 0.15) is 58.1 Å². The highest BCUT2D eigenvalue weighted by Gasteiger charge is 2.61. The number of hydrogen-bond acceptors (Lipinski definition) is 3. The monoisotopic (exact) mass is 424 g/mol. The molecule has 0 aromatic carbocycles. The average molecular weight is 425 g/mol. The van der Waals surface area contributed by atoms with Gasteiger partial charge in [-0.1, -0.05) is 19.9 Å². The summed E-state index contributed by atoms with van der Waals surface area (Å²) in [6.45, 7) is 5.27. The maximum absolute atomic E-state index is 13.2. The summed E-state index contributed by atoms with van der Waals surface area (Å²) in [5.74, 6) is 2.31. The lowest BCUT2D eigenvalue weighted by molar-refractivity contribution is -0.142. The maximum Gasteiger partial charge on any atom is 0.246 e. The highest BCUT2D eigenvalue weighted by molar-refractivity contribution is 5.89. The van der Waals surface area contributed by atoms with Gasteiger partial charge in [-0.25, -0.2) is 0 Å². The van der Waals surface area contributed by atoms with Crippen LogP contribution in [-0.4, -0.2) is 39.6 Å². The van der Waals surface area contributed by atoms with Gasteiger partial charge in [0.25, 0.3) is 0 Å². The van der Waals surface area contributed by atoms with E-state index in [1.54, 1.807) is 10.8 Å². The number of hydrogen-bond donors (Lipinski definition) is 1. The predicted octanol–water partition coefficient (Wildman–Crippen LogP) is 3.29. The summed E-state index contributed by atoms with van der Waals surface area (Å²) in [7, 11) is 3.87. The van der Waals surface area contributed by atoms with Gasteiger partial charge in [0, 0.05) is 37.7 Å². The van der Waals surface area contributed by atoms with Crippen molar-refractivity contribution >= 4 is 11.8 Å². The van der Waals surface area contributed by atoms with Gasteiger partial charge in [-0.05, 0) is 73.8 Å². The van der Waals surface area contributed by atoms with Crippen LogP contribution in [0.4, 0.5) is 0 Å². The first-order chi connectivity index (χ1) is 14.7. The molecule has 3 saturated carbocycles. The molecule has 6 heteroatoms. The van der Waals surface area contributed by atoms with Crippen molar-refractivity contribution in [2.45, 2.75) is 65.0 Å². The number of amides is 2. The van der Waals surface area contributed by atoms with Crippen LogP contribution in [-0.2, 0) is 23.2 Å². The molecule has 0 saturated heterocycles. The maximum atomic E-state index is 13.2. The molecule has 0 unspecified atom stereocenters. The van der Waals surface area contributed by atoms with E-state index in [-0.39, 0.29) is 28.6 Å². The standard InChI is InChI=1S/C25H36N4O2/c1-24-12-9-19-17(5-8-21-25(19,2)13-10-22(30)29(21)4)18(24)6-7-20(24)23(31)26-15-16-11-14-28(3)27-16/h10-11,13-14,17-21H,5-9,12,15H2,1-4H3,(H,26,31)/t17-,18-,19-,20+,21+,24-,25+/m0/s1. The van der Waals surface area contributed by atoms with Crippen molar-refractivity contribution in [1.29, 1.82) is 0 Å². The highest BCUT2D eigenvalue weighted by atomic mass is 16.2. The van der Waals surface area contributed by atoms with Gasteiger partial charge in [0.2, 0.25) is 11.8 Å². The minimum absolute atomic E-state index is 0.0617. The van der Waals surface area contributed by atoms with E-state index >= 15 is 0 Å². The Labute approximate surface area is 185 Å². The number of carbonyl (C=O) groups excluding carboxylic acids is 2. The Morgan fingerprint density at radius 1 is 1.16 bits per heavy atom. The number of fused-ring (bicyclic) bond motifs is 5. The molecule has 4 aliphatic rings. The van der Waals surface area contributed by atoms with Gasteiger partial charge in [0.1, 0.15) is 0 Å². The van der Waals surface area contributed by atoms with Crippen LogP contribution in [0.2, 0.25) is 0 Å². The molecule has 5 rings (SSSR count). The van der Waals surface area contributed by atoms with E-state index in [1.807, 2.05) is 31.3 Å². The zero-order valence-electron chi connectivity index (χ0n) is 19.3. The number of nitrogens with one attached hydrogen (secondary N) is 1. The lowest BCUT2D eigenvalue weighted by Gasteiger charge is -2.60. The third-order valence-corrected chi connectivity index (χ3v) is 9.66. The van der Waals surface area contributed by atoms with Gasteiger partial charge in [-0.3, -0.25) is 14.3 Å². The highest BCUT2D eigenvalue weighted by Crippen LogP contribution is 2.65. The third-order valence-electron chi connectivity index (χ3n) is 9.66. The molecule has 3 fully saturated rings. The van der Waals surface area contributed by atoms with Gasteiger partial charge in [-0.15, -0.1) is 0 Å². The Hall–Kier alpha value is -2.11. The Kier molecular flexibility index (Phi) is 4.83. The molecule has 0 spiro atoms. The molecule has 3 aliphatic carbocycles. The van der Waals surface area contributed by atoms with Crippen LogP contribution in [0, 0.1) is 34.5 Å². The van der Waals surface area contributed by atoms with Crippen LogP contribution in [0.5, 0.6) is 0 Å². The fourth-order valence-electron chi connectivity index (χ4n) is 8.03.